The van der Waals surface area contributed by atoms with Crippen molar-refractivity contribution in [2.24, 2.45) is 0 Å². The van der Waals surface area contributed by atoms with Crippen LogP contribution >= 0.6 is 0 Å². The average Bonchev–Trinajstić information content (AvgIpc) is 3.39. The number of nitrogens with zero attached hydrogens (tertiary/aromatic N) is 1. The zero-order valence-corrected chi connectivity index (χ0v) is 16.9. The highest BCUT2D eigenvalue weighted by Crippen LogP contribution is 2.24. The van der Waals surface area contributed by atoms with Gasteiger partial charge in [0.15, 0.2) is 0 Å². The van der Waals surface area contributed by atoms with E-state index in [1.807, 2.05) is 0 Å². The molecule has 1 aliphatic rings. The summed E-state index contributed by atoms with van der Waals surface area (Å²) in [6.45, 7) is -0.0462. The van der Waals surface area contributed by atoms with E-state index in [1.54, 1.807) is 36.4 Å². The minimum absolute atomic E-state index is 0.00188. The summed E-state index contributed by atoms with van der Waals surface area (Å²) in [5.41, 5.74) is 1.18. The molecule has 0 atom stereocenters. The van der Waals surface area contributed by atoms with Crippen molar-refractivity contribution in [3.05, 3.63) is 89.6 Å². The monoisotopic (exact) mass is 428 g/mol. The maximum Gasteiger partial charge on any atom is 0.251 e. The van der Waals surface area contributed by atoms with E-state index in [2.05, 4.69) is 5.32 Å². The van der Waals surface area contributed by atoms with Gasteiger partial charge >= 0.3 is 0 Å². The van der Waals surface area contributed by atoms with Gasteiger partial charge in [-0.2, -0.15) is 4.31 Å². The summed E-state index contributed by atoms with van der Waals surface area (Å²) in [5.74, 6) is -0.514. The van der Waals surface area contributed by atoms with Crippen molar-refractivity contribution >= 4 is 15.9 Å². The van der Waals surface area contributed by atoms with Gasteiger partial charge in [-0.25, -0.2) is 12.8 Å². The van der Waals surface area contributed by atoms with Crippen LogP contribution in [0.3, 0.4) is 0 Å². The minimum Gasteiger partial charge on any atom is -0.468 e. The summed E-state index contributed by atoms with van der Waals surface area (Å²) in [5, 5.41) is 2.91. The molecule has 1 amide bonds. The largest absolute Gasteiger partial charge is 0.468 e. The van der Waals surface area contributed by atoms with Gasteiger partial charge in [0.2, 0.25) is 10.0 Å². The van der Waals surface area contributed by atoms with Crippen molar-refractivity contribution in [2.75, 3.05) is 0 Å². The highest BCUT2D eigenvalue weighted by molar-refractivity contribution is 7.89. The lowest BCUT2D eigenvalue weighted by molar-refractivity contribution is 0.0951. The third-order valence-electron chi connectivity index (χ3n) is 4.85. The highest BCUT2D eigenvalue weighted by Gasteiger charge is 2.28. The number of carbonyl (C=O) groups is 1. The minimum atomic E-state index is -4.12. The lowest BCUT2D eigenvalue weighted by Crippen LogP contribution is -2.31. The van der Waals surface area contributed by atoms with Crippen LogP contribution in [0.5, 0.6) is 0 Å². The van der Waals surface area contributed by atoms with E-state index >= 15 is 0 Å². The number of rotatable bonds is 8. The van der Waals surface area contributed by atoms with Gasteiger partial charge < -0.3 is 9.73 Å². The number of furan rings is 1. The molecule has 1 fully saturated rings. The molecule has 1 aromatic heterocycles. The summed E-state index contributed by atoms with van der Waals surface area (Å²) in [6.07, 6.45) is 3.45. The first-order chi connectivity index (χ1) is 14.4. The summed E-state index contributed by atoms with van der Waals surface area (Å²) in [7, 11) is -4.12. The smallest absolute Gasteiger partial charge is 0.251 e. The van der Waals surface area contributed by atoms with Crippen LogP contribution in [0.2, 0.25) is 0 Å². The average molecular weight is 428 g/mol. The predicted octanol–water partition coefficient (Wildman–Crippen LogP) is 3.70. The van der Waals surface area contributed by atoms with Gasteiger partial charge in [0.1, 0.15) is 16.5 Å². The van der Waals surface area contributed by atoms with Crippen LogP contribution in [-0.2, 0) is 23.1 Å². The molecular weight excluding hydrogens is 407 g/mol. The van der Waals surface area contributed by atoms with Crippen LogP contribution in [0.1, 0.15) is 34.5 Å². The van der Waals surface area contributed by atoms with Crippen molar-refractivity contribution in [2.45, 2.75) is 36.9 Å². The lowest BCUT2D eigenvalue weighted by Gasteiger charge is -2.22. The Morgan fingerprint density at radius 1 is 1.03 bits per heavy atom. The van der Waals surface area contributed by atoms with E-state index in [0.29, 0.717) is 16.9 Å². The number of sulfonamides is 1. The summed E-state index contributed by atoms with van der Waals surface area (Å²) < 4.78 is 47.0. The zero-order chi connectivity index (χ0) is 21.1. The molecule has 1 N–H and O–H groups in total. The SMILES string of the molecule is O=C(NC1CC1)c1ccc(CN(Cc2ccco2)S(=O)(=O)c2ccccc2F)cc1. The van der Waals surface area contributed by atoms with Gasteiger partial charge in [0, 0.05) is 18.2 Å². The van der Waals surface area contributed by atoms with Crippen LogP contribution in [0.4, 0.5) is 4.39 Å². The van der Waals surface area contributed by atoms with Crippen molar-refractivity contribution < 1.29 is 22.0 Å². The standard InChI is InChI=1S/C22H21FN2O4S/c23-20-5-1-2-6-21(20)30(27,28)25(15-19-4-3-13-29-19)14-16-7-9-17(10-8-16)22(26)24-18-11-12-18/h1-10,13,18H,11-12,14-15H2,(H,24,26). The molecule has 0 bridgehead atoms. The van der Waals surface area contributed by atoms with E-state index in [4.69, 9.17) is 4.42 Å². The third kappa shape index (κ3) is 4.60. The molecule has 2 aromatic carbocycles. The van der Waals surface area contributed by atoms with Crippen LogP contribution in [0, 0.1) is 5.82 Å². The zero-order valence-electron chi connectivity index (χ0n) is 16.1. The second-order valence-electron chi connectivity index (χ2n) is 7.23. The van der Waals surface area contributed by atoms with Gasteiger partial charge in [0.25, 0.3) is 5.91 Å². The number of hydrogen-bond acceptors (Lipinski definition) is 4. The van der Waals surface area contributed by atoms with Gasteiger partial charge in [-0.3, -0.25) is 4.79 Å². The number of hydrogen-bond donors (Lipinski definition) is 1. The Morgan fingerprint density at radius 2 is 1.77 bits per heavy atom. The van der Waals surface area contributed by atoms with Crippen molar-refractivity contribution in [1.29, 1.82) is 0 Å². The molecule has 6 nitrogen and oxygen atoms in total. The molecule has 1 heterocycles. The summed E-state index contributed by atoms with van der Waals surface area (Å²) >= 11 is 0. The molecule has 8 heteroatoms. The molecule has 156 valence electrons. The van der Waals surface area contributed by atoms with Crippen LogP contribution in [0.15, 0.2) is 76.2 Å². The Kier molecular flexibility index (Phi) is 5.69. The van der Waals surface area contributed by atoms with E-state index in [9.17, 15) is 17.6 Å². The first kappa shape index (κ1) is 20.3. The Hall–Kier alpha value is -2.97. The quantitative estimate of drug-likeness (QED) is 0.593. The van der Waals surface area contributed by atoms with E-state index < -0.39 is 20.7 Å². The molecule has 1 saturated carbocycles. The molecule has 0 radical (unpaired) electrons. The van der Waals surface area contributed by atoms with Gasteiger partial charge in [-0.1, -0.05) is 24.3 Å². The first-order valence-electron chi connectivity index (χ1n) is 9.60. The van der Waals surface area contributed by atoms with Crippen molar-refractivity contribution in [3.63, 3.8) is 0 Å². The van der Waals surface area contributed by atoms with Gasteiger partial charge in [-0.15, -0.1) is 0 Å². The highest BCUT2D eigenvalue weighted by atomic mass is 32.2. The Morgan fingerprint density at radius 3 is 2.40 bits per heavy atom. The second-order valence-corrected chi connectivity index (χ2v) is 9.13. The molecule has 0 saturated heterocycles. The van der Waals surface area contributed by atoms with Crippen LogP contribution in [0.25, 0.3) is 0 Å². The maximum absolute atomic E-state index is 14.2. The molecule has 30 heavy (non-hydrogen) atoms. The summed E-state index contributed by atoms with van der Waals surface area (Å²) in [6, 6.07) is 15.6. The number of amides is 1. The molecule has 3 aromatic rings. The number of halogens is 1. The summed E-state index contributed by atoms with van der Waals surface area (Å²) in [4.78, 5) is 11.8. The second kappa shape index (κ2) is 8.41. The molecule has 0 spiro atoms. The Balaban J connectivity index is 1.58. The van der Waals surface area contributed by atoms with Gasteiger partial charge in [0.05, 0.1) is 12.8 Å². The topological polar surface area (TPSA) is 79.6 Å². The molecule has 1 aliphatic carbocycles. The molecule has 0 aliphatic heterocycles. The van der Waals surface area contributed by atoms with Crippen LogP contribution in [-0.4, -0.2) is 24.7 Å². The molecular formula is C22H21FN2O4S. The predicted molar refractivity (Wildman–Crippen MR) is 108 cm³/mol. The Bertz CT molecular complexity index is 1120. The fourth-order valence-electron chi connectivity index (χ4n) is 3.06. The number of carbonyl (C=O) groups excluding carboxylic acids is 1. The molecule has 4 rings (SSSR count). The van der Waals surface area contributed by atoms with E-state index in [-0.39, 0.29) is 25.0 Å². The maximum atomic E-state index is 14.2. The first-order valence-corrected chi connectivity index (χ1v) is 11.0. The fourth-order valence-corrected chi connectivity index (χ4v) is 4.52. The van der Waals surface area contributed by atoms with Gasteiger partial charge in [-0.05, 0) is 54.8 Å². The van der Waals surface area contributed by atoms with E-state index in [1.165, 1.54) is 24.5 Å². The molecule has 0 unspecified atom stereocenters. The van der Waals surface area contributed by atoms with E-state index in [0.717, 1.165) is 23.2 Å². The normalized spacial score (nSPS) is 14.1. The third-order valence-corrected chi connectivity index (χ3v) is 6.68. The van der Waals surface area contributed by atoms with Crippen molar-refractivity contribution in [1.82, 2.24) is 9.62 Å². The Labute approximate surface area is 174 Å². The fraction of sp³-hybridized carbons (Fsp3) is 0.227. The number of benzene rings is 2. The lowest BCUT2D eigenvalue weighted by atomic mass is 10.1. The van der Waals surface area contributed by atoms with Crippen molar-refractivity contribution in [3.8, 4) is 0 Å². The number of nitrogens with one attached hydrogen (secondary N) is 1. The van der Waals surface area contributed by atoms with Crippen LogP contribution < -0.4 is 5.32 Å².